The number of furan rings is 1. The molecule has 0 saturated carbocycles. The molecule has 0 unspecified atom stereocenters. The molecule has 29 heavy (non-hydrogen) atoms. The Hall–Kier alpha value is -3.17. The number of hydrogen-bond donors (Lipinski definition) is 0. The van der Waals surface area contributed by atoms with Crippen LogP contribution in [0.15, 0.2) is 74.7 Å². The maximum atomic E-state index is 12.2. The summed E-state index contributed by atoms with van der Waals surface area (Å²) in [6, 6.07) is 13.4. The Morgan fingerprint density at radius 1 is 1.17 bits per heavy atom. The number of hydrogen-bond acceptors (Lipinski definition) is 7. The Morgan fingerprint density at radius 3 is 2.83 bits per heavy atom. The highest BCUT2D eigenvalue weighted by Crippen LogP contribution is 2.31. The second-order valence-electron chi connectivity index (χ2n) is 6.30. The lowest BCUT2D eigenvalue weighted by Crippen LogP contribution is -2.12. The van der Waals surface area contributed by atoms with Crippen LogP contribution in [0.3, 0.4) is 0 Å². The van der Waals surface area contributed by atoms with E-state index in [1.165, 1.54) is 23.1 Å². The third kappa shape index (κ3) is 3.28. The zero-order valence-electron chi connectivity index (χ0n) is 15.3. The van der Waals surface area contributed by atoms with Gasteiger partial charge in [0.2, 0.25) is 0 Å². The molecular weight excluding hydrogens is 406 g/mol. The number of para-hydroxylation sites is 1. The van der Waals surface area contributed by atoms with Gasteiger partial charge in [0.25, 0.3) is 5.56 Å². The fraction of sp³-hybridized carbons (Fsp3) is 0.100. The van der Waals surface area contributed by atoms with E-state index < -0.39 is 0 Å². The first-order valence-corrected chi connectivity index (χ1v) is 10.7. The SMILES string of the molecule is Cc1occc1-c1nnc(SCc2cc(=O)n3ccsc3n2)n1-c1ccccc1. The summed E-state index contributed by atoms with van der Waals surface area (Å²) >= 11 is 2.93. The van der Waals surface area contributed by atoms with Crippen molar-refractivity contribution < 1.29 is 4.42 Å². The molecule has 0 bridgehead atoms. The van der Waals surface area contributed by atoms with E-state index >= 15 is 0 Å². The van der Waals surface area contributed by atoms with Crippen LogP contribution in [0.25, 0.3) is 22.0 Å². The molecule has 0 spiro atoms. The Morgan fingerprint density at radius 2 is 2.03 bits per heavy atom. The number of aromatic nitrogens is 5. The van der Waals surface area contributed by atoms with Gasteiger partial charge in [-0.1, -0.05) is 30.0 Å². The molecule has 0 radical (unpaired) electrons. The highest BCUT2D eigenvalue weighted by molar-refractivity contribution is 7.98. The van der Waals surface area contributed by atoms with E-state index in [1.807, 2.05) is 53.3 Å². The number of thiazole rings is 1. The first-order chi connectivity index (χ1) is 14.2. The van der Waals surface area contributed by atoms with Crippen LogP contribution in [-0.2, 0) is 5.75 Å². The van der Waals surface area contributed by atoms with Gasteiger partial charge in [-0.05, 0) is 25.1 Å². The minimum atomic E-state index is -0.0777. The predicted molar refractivity (Wildman–Crippen MR) is 113 cm³/mol. The molecule has 1 aromatic carbocycles. The number of nitrogens with zero attached hydrogens (tertiary/aromatic N) is 5. The Bertz CT molecular complexity index is 1350. The monoisotopic (exact) mass is 421 g/mol. The minimum absolute atomic E-state index is 0.0777. The molecule has 0 N–H and O–H groups in total. The molecule has 144 valence electrons. The van der Waals surface area contributed by atoms with Crippen LogP contribution in [0.1, 0.15) is 11.5 Å². The average Bonchev–Trinajstić information content (AvgIpc) is 3.46. The molecule has 4 heterocycles. The van der Waals surface area contributed by atoms with Crippen molar-refractivity contribution in [3.8, 4) is 17.1 Å². The highest BCUT2D eigenvalue weighted by Gasteiger charge is 2.19. The fourth-order valence-corrected chi connectivity index (χ4v) is 4.65. The first-order valence-electron chi connectivity index (χ1n) is 8.84. The van der Waals surface area contributed by atoms with Gasteiger partial charge in [-0.25, -0.2) is 4.98 Å². The van der Waals surface area contributed by atoms with Crippen molar-refractivity contribution in [2.45, 2.75) is 17.8 Å². The van der Waals surface area contributed by atoms with Crippen LogP contribution in [0.2, 0.25) is 0 Å². The zero-order chi connectivity index (χ0) is 19.8. The average molecular weight is 422 g/mol. The second-order valence-corrected chi connectivity index (χ2v) is 8.11. The molecule has 0 aliphatic carbocycles. The van der Waals surface area contributed by atoms with Crippen LogP contribution in [0.5, 0.6) is 0 Å². The Labute approximate surface area is 173 Å². The van der Waals surface area contributed by atoms with Gasteiger partial charge in [0.1, 0.15) is 5.76 Å². The van der Waals surface area contributed by atoms with Gasteiger partial charge in [0.05, 0.1) is 17.5 Å². The quantitative estimate of drug-likeness (QED) is 0.396. The largest absolute Gasteiger partial charge is 0.469 e. The van der Waals surface area contributed by atoms with Crippen LogP contribution in [0, 0.1) is 6.92 Å². The summed E-state index contributed by atoms with van der Waals surface area (Å²) in [7, 11) is 0. The van der Waals surface area contributed by atoms with E-state index in [4.69, 9.17) is 4.42 Å². The number of benzene rings is 1. The zero-order valence-corrected chi connectivity index (χ0v) is 17.0. The van der Waals surface area contributed by atoms with E-state index in [9.17, 15) is 4.79 Å². The smallest absolute Gasteiger partial charge is 0.258 e. The highest BCUT2D eigenvalue weighted by atomic mass is 32.2. The third-order valence-electron chi connectivity index (χ3n) is 4.45. The van der Waals surface area contributed by atoms with Gasteiger partial charge < -0.3 is 4.42 Å². The predicted octanol–water partition coefficient (Wildman–Crippen LogP) is 4.20. The summed E-state index contributed by atoms with van der Waals surface area (Å²) in [5, 5.41) is 11.4. The molecule has 5 rings (SSSR count). The standard InChI is InChI=1S/C20H15N5O2S2/c1-13-16(7-9-27-13)18-22-23-20(25(18)15-5-3-2-4-6-15)29-12-14-11-17(26)24-8-10-28-19(24)21-14/h2-11H,12H2,1H3. The van der Waals surface area contributed by atoms with Crippen LogP contribution in [-0.4, -0.2) is 24.1 Å². The van der Waals surface area contributed by atoms with Gasteiger partial charge >= 0.3 is 0 Å². The summed E-state index contributed by atoms with van der Waals surface area (Å²) < 4.78 is 9.01. The third-order valence-corrected chi connectivity index (χ3v) is 6.17. The number of thioether (sulfide) groups is 1. The Kier molecular flexibility index (Phi) is 4.53. The second kappa shape index (κ2) is 7.34. The normalized spacial score (nSPS) is 11.3. The minimum Gasteiger partial charge on any atom is -0.469 e. The van der Waals surface area contributed by atoms with Gasteiger partial charge in [-0.3, -0.25) is 13.8 Å². The van der Waals surface area contributed by atoms with Crippen molar-refractivity contribution in [1.29, 1.82) is 0 Å². The molecule has 4 aromatic heterocycles. The van der Waals surface area contributed by atoms with E-state index in [0.29, 0.717) is 22.2 Å². The van der Waals surface area contributed by atoms with Crippen molar-refractivity contribution in [2.75, 3.05) is 0 Å². The molecule has 9 heteroatoms. The van der Waals surface area contributed by atoms with Crippen LogP contribution < -0.4 is 5.56 Å². The topological polar surface area (TPSA) is 78.2 Å². The maximum absolute atomic E-state index is 12.2. The summed E-state index contributed by atoms with van der Waals surface area (Å²) in [6.07, 6.45) is 3.38. The first kappa shape index (κ1) is 17.9. The molecule has 0 saturated heterocycles. The van der Waals surface area contributed by atoms with E-state index in [0.717, 1.165) is 22.2 Å². The molecule has 5 aromatic rings. The van der Waals surface area contributed by atoms with Crippen molar-refractivity contribution >= 4 is 28.1 Å². The summed E-state index contributed by atoms with van der Waals surface area (Å²) in [5.74, 6) is 2.01. The molecule has 7 nitrogen and oxygen atoms in total. The fourth-order valence-electron chi connectivity index (χ4n) is 3.06. The number of rotatable bonds is 5. The van der Waals surface area contributed by atoms with Crippen molar-refractivity contribution in [1.82, 2.24) is 24.1 Å². The summed E-state index contributed by atoms with van der Waals surface area (Å²) in [5.41, 5.74) is 2.49. The molecule has 0 aliphatic heterocycles. The molecule has 0 amide bonds. The van der Waals surface area contributed by atoms with E-state index in [-0.39, 0.29) is 5.56 Å². The molecule has 0 fully saturated rings. The van der Waals surface area contributed by atoms with Gasteiger partial charge in [-0.15, -0.1) is 21.5 Å². The van der Waals surface area contributed by atoms with Gasteiger partial charge in [-0.2, -0.15) is 0 Å². The van der Waals surface area contributed by atoms with E-state index in [1.54, 1.807) is 22.9 Å². The molecule has 0 atom stereocenters. The van der Waals surface area contributed by atoms with Gasteiger partial charge in [0.15, 0.2) is 15.9 Å². The van der Waals surface area contributed by atoms with Gasteiger partial charge in [0, 0.05) is 29.1 Å². The van der Waals surface area contributed by atoms with Crippen molar-refractivity contribution in [3.05, 3.63) is 82.1 Å². The Balaban J connectivity index is 1.53. The summed E-state index contributed by atoms with van der Waals surface area (Å²) in [6.45, 7) is 1.90. The lowest BCUT2D eigenvalue weighted by Gasteiger charge is -2.09. The van der Waals surface area contributed by atoms with Crippen LogP contribution >= 0.6 is 23.1 Å². The maximum Gasteiger partial charge on any atom is 0.258 e. The van der Waals surface area contributed by atoms with Crippen molar-refractivity contribution in [2.24, 2.45) is 0 Å². The molecular formula is C20H15N5O2S2. The van der Waals surface area contributed by atoms with Crippen molar-refractivity contribution in [3.63, 3.8) is 0 Å². The lowest BCUT2D eigenvalue weighted by atomic mass is 10.2. The number of fused-ring (bicyclic) bond motifs is 1. The van der Waals surface area contributed by atoms with Crippen LogP contribution in [0.4, 0.5) is 0 Å². The molecule has 0 aliphatic rings. The summed E-state index contributed by atoms with van der Waals surface area (Å²) in [4.78, 5) is 17.5. The lowest BCUT2D eigenvalue weighted by molar-refractivity contribution is 0.535. The van der Waals surface area contributed by atoms with E-state index in [2.05, 4.69) is 15.2 Å². The number of aryl methyl sites for hydroxylation is 1.